The summed E-state index contributed by atoms with van der Waals surface area (Å²) in [7, 11) is 1.80. The highest BCUT2D eigenvalue weighted by Gasteiger charge is 2.23. The van der Waals surface area contributed by atoms with Crippen LogP contribution in [0.25, 0.3) is 0 Å². The molecule has 1 heterocycles. The molecule has 0 radical (unpaired) electrons. The van der Waals surface area contributed by atoms with Gasteiger partial charge in [-0.25, -0.2) is 0 Å². The van der Waals surface area contributed by atoms with Crippen molar-refractivity contribution in [3.63, 3.8) is 0 Å². The number of aliphatic hydroxyl groups excluding tert-OH is 1. The number of amides is 2. The molecule has 6 nitrogen and oxygen atoms in total. The minimum atomic E-state index is -0.274. The summed E-state index contributed by atoms with van der Waals surface area (Å²) in [6, 6.07) is 0.324. The van der Waals surface area contributed by atoms with E-state index in [2.05, 4.69) is 5.32 Å². The molecular weight excluding hydrogens is 270 g/mol. The van der Waals surface area contributed by atoms with E-state index in [0.717, 1.165) is 12.8 Å². The lowest BCUT2D eigenvalue weighted by Crippen LogP contribution is -2.46. The molecule has 2 rings (SSSR count). The predicted molar refractivity (Wildman–Crippen MR) is 79.7 cm³/mol. The van der Waals surface area contributed by atoms with Crippen LogP contribution in [-0.4, -0.2) is 72.1 Å². The van der Waals surface area contributed by atoms with E-state index in [0.29, 0.717) is 32.0 Å². The van der Waals surface area contributed by atoms with Crippen LogP contribution in [0.5, 0.6) is 0 Å². The highest BCUT2D eigenvalue weighted by molar-refractivity contribution is 5.81. The largest absolute Gasteiger partial charge is 0.393 e. The van der Waals surface area contributed by atoms with E-state index in [4.69, 9.17) is 0 Å². The monoisotopic (exact) mass is 297 g/mol. The zero-order chi connectivity index (χ0) is 15.2. The van der Waals surface area contributed by atoms with Gasteiger partial charge in [0.1, 0.15) is 0 Å². The second-order valence-corrected chi connectivity index (χ2v) is 6.33. The van der Waals surface area contributed by atoms with Gasteiger partial charge in [0.15, 0.2) is 0 Å². The van der Waals surface area contributed by atoms with Crippen LogP contribution < -0.4 is 5.32 Å². The van der Waals surface area contributed by atoms with E-state index < -0.39 is 0 Å². The standard InChI is InChI=1S/C15H27N3O3/c1-17(10-14(20)16-12-4-2-3-5-12)11-15(21)18-8-6-13(19)7-9-18/h12-13,19H,2-11H2,1H3,(H,16,20). The lowest BCUT2D eigenvalue weighted by atomic mass is 10.1. The average molecular weight is 297 g/mol. The summed E-state index contributed by atoms with van der Waals surface area (Å²) in [5.41, 5.74) is 0. The molecular formula is C15H27N3O3. The molecule has 2 aliphatic rings. The third-order valence-electron chi connectivity index (χ3n) is 4.36. The van der Waals surface area contributed by atoms with Gasteiger partial charge in [-0.2, -0.15) is 0 Å². The van der Waals surface area contributed by atoms with Gasteiger partial charge in [0.2, 0.25) is 11.8 Å². The molecule has 0 unspecified atom stereocenters. The van der Waals surface area contributed by atoms with Crippen LogP contribution in [-0.2, 0) is 9.59 Å². The fourth-order valence-corrected chi connectivity index (χ4v) is 3.09. The summed E-state index contributed by atoms with van der Waals surface area (Å²) in [6.45, 7) is 1.75. The summed E-state index contributed by atoms with van der Waals surface area (Å²) in [5, 5.41) is 12.5. The van der Waals surface area contributed by atoms with Gasteiger partial charge in [0, 0.05) is 19.1 Å². The number of likely N-dealkylation sites (tertiary alicyclic amines) is 1. The van der Waals surface area contributed by atoms with Crippen molar-refractivity contribution in [2.24, 2.45) is 0 Å². The third-order valence-corrected chi connectivity index (χ3v) is 4.36. The van der Waals surface area contributed by atoms with Crippen LogP contribution in [0.15, 0.2) is 0 Å². The fraction of sp³-hybridized carbons (Fsp3) is 0.867. The molecule has 6 heteroatoms. The molecule has 21 heavy (non-hydrogen) atoms. The van der Waals surface area contributed by atoms with Gasteiger partial charge in [0.05, 0.1) is 19.2 Å². The number of aliphatic hydroxyl groups is 1. The molecule has 0 spiro atoms. The summed E-state index contributed by atoms with van der Waals surface area (Å²) in [6.07, 6.45) is 5.56. The van der Waals surface area contributed by atoms with Gasteiger partial charge in [-0.15, -0.1) is 0 Å². The zero-order valence-electron chi connectivity index (χ0n) is 12.9. The van der Waals surface area contributed by atoms with Crippen LogP contribution >= 0.6 is 0 Å². The highest BCUT2D eigenvalue weighted by Crippen LogP contribution is 2.17. The second-order valence-electron chi connectivity index (χ2n) is 6.33. The Bertz CT molecular complexity index is 361. The Morgan fingerprint density at radius 3 is 2.38 bits per heavy atom. The first-order chi connectivity index (χ1) is 10.0. The highest BCUT2D eigenvalue weighted by atomic mass is 16.3. The number of carbonyl (C=O) groups excluding carboxylic acids is 2. The second kappa shape index (κ2) is 7.75. The number of nitrogens with one attached hydrogen (secondary N) is 1. The first kappa shape index (κ1) is 16.2. The maximum atomic E-state index is 12.1. The van der Waals surface area contributed by atoms with Crippen molar-refractivity contribution in [2.75, 3.05) is 33.2 Å². The quantitative estimate of drug-likeness (QED) is 0.747. The first-order valence-corrected chi connectivity index (χ1v) is 7.98. The first-order valence-electron chi connectivity index (χ1n) is 7.98. The van der Waals surface area contributed by atoms with Crippen molar-refractivity contribution >= 4 is 11.8 Å². The zero-order valence-corrected chi connectivity index (χ0v) is 12.9. The van der Waals surface area contributed by atoms with Gasteiger partial charge in [-0.3, -0.25) is 14.5 Å². The Morgan fingerprint density at radius 2 is 1.76 bits per heavy atom. The van der Waals surface area contributed by atoms with Crippen molar-refractivity contribution < 1.29 is 14.7 Å². The molecule has 1 saturated heterocycles. The number of carbonyl (C=O) groups is 2. The molecule has 0 aromatic carbocycles. The number of nitrogens with zero attached hydrogens (tertiary/aromatic N) is 2. The molecule has 1 aliphatic heterocycles. The molecule has 0 bridgehead atoms. The minimum Gasteiger partial charge on any atom is -0.393 e. The lowest BCUT2D eigenvalue weighted by Gasteiger charge is -2.31. The summed E-state index contributed by atoms with van der Waals surface area (Å²) >= 11 is 0. The van der Waals surface area contributed by atoms with E-state index in [1.807, 2.05) is 0 Å². The van der Waals surface area contributed by atoms with Gasteiger partial charge in [0.25, 0.3) is 0 Å². The van der Waals surface area contributed by atoms with E-state index in [9.17, 15) is 14.7 Å². The van der Waals surface area contributed by atoms with Crippen molar-refractivity contribution in [1.82, 2.24) is 15.1 Å². The number of piperidine rings is 1. The Kier molecular flexibility index (Phi) is 5.99. The van der Waals surface area contributed by atoms with Crippen LogP contribution in [0.4, 0.5) is 0 Å². The van der Waals surface area contributed by atoms with Gasteiger partial charge < -0.3 is 15.3 Å². The molecule has 1 aliphatic carbocycles. The van der Waals surface area contributed by atoms with Gasteiger partial charge in [-0.1, -0.05) is 12.8 Å². The molecule has 0 aromatic rings. The molecule has 0 aromatic heterocycles. The van der Waals surface area contributed by atoms with Crippen LogP contribution in [0, 0.1) is 0 Å². The summed E-state index contributed by atoms with van der Waals surface area (Å²) < 4.78 is 0. The van der Waals surface area contributed by atoms with Crippen LogP contribution in [0.1, 0.15) is 38.5 Å². The Morgan fingerprint density at radius 1 is 1.14 bits per heavy atom. The van der Waals surface area contributed by atoms with Crippen LogP contribution in [0.3, 0.4) is 0 Å². The van der Waals surface area contributed by atoms with Crippen molar-refractivity contribution in [3.05, 3.63) is 0 Å². The van der Waals surface area contributed by atoms with E-state index in [1.54, 1.807) is 16.8 Å². The van der Waals surface area contributed by atoms with E-state index >= 15 is 0 Å². The Balaban J connectivity index is 1.67. The van der Waals surface area contributed by atoms with E-state index in [-0.39, 0.29) is 31.0 Å². The molecule has 1 saturated carbocycles. The molecule has 2 amide bonds. The van der Waals surface area contributed by atoms with Crippen molar-refractivity contribution in [2.45, 2.75) is 50.7 Å². The normalized spacial score (nSPS) is 21.0. The Hall–Kier alpha value is -1.14. The SMILES string of the molecule is CN(CC(=O)NC1CCCC1)CC(=O)N1CCC(O)CC1. The Labute approximate surface area is 126 Å². The van der Waals surface area contributed by atoms with Crippen molar-refractivity contribution in [3.8, 4) is 0 Å². The number of hydrogen-bond donors (Lipinski definition) is 2. The molecule has 2 N–H and O–H groups in total. The summed E-state index contributed by atoms with van der Waals surface area (Å²) in [4.78, 5) is 27.5. The topological polar surface area (TPSA) is 72.9 Å². The van der Waals surface area contributed by atoms with E-state index in [1.165, 1.54) is 12.8 Å². The smallest absolute Gasteiger partial charge is 0.236 e. The maximum absolute atomic E-state index is 12.1. The molecule has 0 atom stereocenters. The molecule has 120 valence electrons. The van der Waals surface area contributed by atoms with Crippen LogP contribution in [0.2, 0.25) is 0 Å². The number of rotatable bonds is 5. The van der Waals surface area contributed by atoms with Gasteiger partial charge >= 0.3 is 0 Å². The number of likely N-dealkylation sites (N-methyl/N-ethyl adjacent to an activating group) is 1. The van der Waals surface area contributed by atoms with Crippen molar-refractivity contribution in [1.29, 1.82) is 0 Å². The van der Waals surface area contributed by atoms with Gasteiger partial charge in [-0.05, 0) is 32.7 Å². The lowest BCUT2D eigenvalue weighted by molar-refractivity contribution is -0.134. The third kappa shape index (κ3) is 5.28. The maximum Gasteiger partial charge on any atom is 0.236 e. The predicted octanol–water partition coefficient (Wildman–Crippen LogP) is -0.0397. The summed E-state index contributed by atoms with van der Waals surface area (Å²) in [5.74, 6) is 0.0457. The fourth-order valence-electron chi connectivity index (χ4n) is 3.09. The number of hydrogen-bond acceptors (Lipinski definition) is 4. The molecule has 2 fully saturated rings. The average Bonchev–Trinajstić information content (AvgIpc) is 2.91. The minimum absolute atomic E-state index is 0.00580.